The quantitative estimate of drug-likeness (QED) is 0.854. The number of benzene rings is 1. The average molecular weight is 348 g/mol. The number of hydrogen-bond donors (Lipinski definition) is 2. The van der Waals surface area contributed by atoms with Gasteiger partial charge in [0.05, 0.1) is 11.4 Å². The SMILES string of the molecule is CCc1nn(C)cc1CNc1cc(NC(=O)OC(C)(C)C)ccc1F. The summed E-state index contributed by atoms with van der Waals surface area (Å²) < 4.78 is 21.0. The number of aromatic nitrogens is 2. The van der Waals surface area contributed by atoms with Gasteiger partial charge in [-0.2, -0.15) is 5.10 Å². The molecule has 25 heavy (non-hydrogen) atoms. The van der Waals surface area contributed by atoms with E-state index in [2.05, 4.69) is 15.7 Å². The lowest BCUT2D eigenvalue weighted by molar-refractivity contribution is 0.0636. The molecule has 0 unspecified atom stereocenters. The van der Waals surface area contributed by atoms with Crippen LogP contribution in [0, 0.1) is 5.82 Å². The summed E-state index contributed by atoms with van der Waals surface area (Å²) in [5.41, 5.74) is 2.15. The zero-order valence-corrected chi connectivity index (χ0v) is 15.3. The summed E-state index contributed by atoms with van der Waals surface area (Å²) in [6.45, 7) is 7.82. The van der Waals surface area contributed by atoms with Crippen LogP contribution in [0.5, 0.6) is 0 Å². The highest BCUT2D eigenvalue weighted by Gasteiger charge is 2.16. The lowest BCUT2D eigenvalue weighted by Gasteiger charge is -2.20. The highest BCUT2D eigenvalue weighted by Crippen LogP contribution is 2.22. The fourth-order valence-corrected chi connectivity index (χ4v) is 2.38. The third kappa shape index (κ3) is 5.48. The maximum atomic E-state index is 14.0. The van der Waals surface area contributed by atoms with Crippen LogP contribution in [0.4, 0.5) is 20.6 Å². The second-order valence-electron chi connectivity index (χ2n) is 6.80. The number of rotatable bonds is 5. The number of ether oxygens (including phenoxy) is 1. The van der Waals surface area contributed by atoms with Crippen LogP contribution in [0.25, 0.3) is 0 Å². The lowest BCUT2D eigenvalue weighted by Crippen LogP contribution is -2.27. The van der Waals surface area contributed by atoms with Gasteiger partial charge in [-0.3, -0.25) is 10.00 Å². The zero-order chi connectivity index (χ0) is 18.6. The molecule has 0 radical (unpaired) electrons. The van der Waals surface area contributed by atoms with Crippen LogP contribution >= 0.6 is 0 Å². The van der Waals surface area contributed by atoms with Crippen molar-refractivity contribution in [1.82, 2.24) is 9.78 Å². The number of carbonyl (C=O) groups excluding carboxylic acids is 1. The molecule has 2 N–H and O–H groups in total. The molecule has 1 heterocycles. The molecule has 2 aromatic rings. The predicted molar refractivity (Wildman–Crippen MR) is 96.2 cm³/mol. The number of nitrogens with zero attached hydrogens (tertiary/aromatic N) is 2. The smallest absolute Gasteiger partial charge is 0.412 e. The van der Waals surface area contributed by atoms with E-state index in [0.29, 0.717) is 17.9 Å². The molecular weight excluding hydrogens is 323 g/mol. The minimum atomic E-state index is -0.595. The minimum absolute atomic E-state index is 0.305. The average Bonchev–Trinajstić information content (AvgIpc) is 2.86. The summed E-state index contributed by atoms with van der Waals surface area (Å²) in [6, 6.07) is 4.34. The number of nitrogens with one attached hydrogen (secondary N) is 2. The lowest BCUT2D eigenvalue weighted by atomic mass is 10.2. The van der Waals surface area contributed by atoms with Gasteiger partial charge in [-0.05, 0) is 45.4 Å². The monoisotopic (exact) mass is 348 g/mol. The molecule has 1 amide bonds. The zero-order valence-electron chi connectivity index (χ0n) is 15.3. The highest BCUT2D eigenvalue weighted by atomic mass is 19.1. The predicted octanol–water partition coefficient (Wildman–Crippen LogP) is 4.08. The van der Waals surface area contributed by atoms with Gasteiger partial charge in [0.1, 0.15) is 11.4 Å². The summed E-state index contributed by atoms with van der Waals surface area (Å²) in [5, 5.41) is 10.0. The Balaban J connectivity index is 2.07. The standard InChI is InChI=1S/C18H25FN4O2/c1-6-15-12(11-23(5)22-15)10-20-16-9-13(7-8-14(16)19)21-17(24)25-18(2,3)4/h7-9,11,20H,6,10H2,1-5H3,(H,21,24). The van der Waals surface area contributed by atoms with E-state index in [0.717, 1.165) is 17.7 Å². The van der Waals surface area contributed by atoms with Crippen LogP contribution in [0.1, 0.15) is 39.0 Å². The van der Waals surface area contributed by atoms with Crippen molar-refractivity contribution in [3.63, 3.8) is 0 Å². The molecule has 136 valence electrons. The Hall–Kier alpha value is -2.57. The van der Waals surface area contributed by atoms with E-state index in [4.69, 9.17) is 4.74 Å². The van der Waals surface area contributed by atoms with Gasteiger partial charge in [0.15, 0.2) is 0 Å². The first-order valence-electron chi connectivity index (χ1n) is 8.22. The number of anilines is 2. The van der Waals surface area contributed by atoms with Gasteiger partial charge in [-0.1, -0.05) is 6.92 Å². The van der Waals surface area contributed by atoms with Crippen molar-refractivity contribution in [2.45, 2.75) is 46.3 Å². The fraction of sp³-hybridized carbons (Fsp3) is 0.444. The second-order valence-corrected chi connectivity index (χ2v) is 6.80. The summed E-state index contributed by atoms with van der Waals surface area (Å²) >= 11 is 0. The van der Waals surface area contributed by atoms with E-state index in [-0.39, 0.29) is 0 Å². The molecule has 0 aliphatic heterocycles. The Morgan fingerprint density at radius 2 is 2.08 bits per heavy atom. The molecule has 2 rings (SSSR count). The van der Waals surface area contributed by atoms with Crippen molar-refractivity contribution >= 4 is 17.5 Å². The van der Waals surface area contributed by atoms with Gasteiger partial charge < -0.3 is 10.1 Å². The Morgan fingerprint density at radius 3 is 2.72 bits per heavy atom. The maximum Gasteiger partial charge on any atom is 0.412 e. The Bertz CT molecular complexity index is 750. The summed E-state index contributed by atoms with van der Waals surface area (Å²) in [7, 11) is 1.86. The fourth-order valence-electron chi connectivity index (χ4n) is 2.38. The van der Waals surface area contributed by atoms with E-state index in [1.807, 2.05) is 20.2 Å². The molecule has 0 bridgehead atoms. The first-order chi connectivity index (χ1) is 11.7. The van der Waals surface area contributed by atoms with Crippen LogP contribution < -0.4 is 10.6 Å². The van der Waals surface area contributed by atoms with Crippen molar-refractivity contribution in [3.05, 3.63) is 41.5 Å². The molecule has 0 spiro atoms. The van der Waals surface area contributed by atoms with E-state index in [9.17, 15) is 9.18 Å². The van der Waals surface area contributed by atoms with Gasteiger partial charge in [-0.25, -0.2) is 9.18 Å². The van der Waals surface area contributed by atoms with Gasteiger partial charge in [0.2, 0.25) is 0 Å². The molecule has 0 aliphatic carbocycles. The van der Waals surface area contributed by atoms with Crippen LogP contribution in [-0.2, 0) is 24.8 Å². The van der Waals surface area contributed by atoms with Crippen molar-refractivity contribution in [1.29, 1.82) is 0 Å². The van der Waals surface area contributed by atoms with Crippen molar-refractivity contribution < 1.29 is 13.9 Å². The van der Waals surface area contributed by atoms with Crippen LogP contribution in [0.15, 0.2) is 24.4 Å². The van der Waals surface area contributed by atoms with Gasteiger partial charge >= 0.3 is 6.09 Å². The summed E-state index contributed by atoms with van der Waals surface area (Å²) in [6.07, 6.45) is 2.14. The van der Waals surface area contributed by atoms with E-state index in [1.54, 1.807) is 31.5 Å². The molecule has 1 aromatic heterocycles. The van der Waals surface area contributed by atoms with Crippen molar-refractivity contribution in [3.8, 4) is 0 Å². The number of aryl methyl sites for hydroxylation is 2. The Labute approximate surface area is 147 Å². The molecule has 0 saturated heterocycles. The molecule has 0 aliphatic rings. The van der Waals surface area contributed by atoms with Gasteiger partial charge in [0, 0.05) is 31.0 Å². The summed E-state index contributed by atoms with van der Waals surface area (Å²) in [4.78, 5) is 11.8. The van der Waals surface area contributed by atoms with Gasteiger partial charge in [-0.15, -0.1) is 0 Å². The van der Waals surface area contributed by atoms with E-state index >= 15 is 0 Å². The van der Waals surface area contributed by atoms with Crippen LogP contribution in [-0.4, -0.2) is 21.5 Å². The number of hydrogen-bond acceptors (Lipinski definition) is 4. The molecule has 6 nitrogen and oxygen atoms in total. The van der Waals surface area contributed by atoms with Gasteiger partial charge in [0.25, 0.3) is 0 Å². The van der Waals surface area contributed by atoms with Crippen molar-refractivity contribution in [2.24, 2.45) is 7.05 Å². The largest absolute Gasteiger partial charge is 0.444 e. The molecule has 0 atom stereocenters. The first kappa shape index (κ1) is 18.8. The van der Waals surface area contributed by atoms with Crippen LogP contribution in [0.3, 0.4) is 0 Å². The second kappa shape index (κ2) is 7.55. The topological polar surface area (TPSA) is 68.2 Å². The Morgan fingerprint density at radius 1 is 1.36 bits per heavy atom. The number of carbonyl (C=O) groups is 1. The third-order valence-corrected chi connectivity index (χ3v) is 3.41. The molecule has 0 fully saturated rings. The Kier molecular flexibility index (Phi) is 5.66. The number of halogens is 1. The van der Waals surface area contributed by atoms with Crippen molar-refractivity contribution in [2.75, 3.05) is 10.6 Å². The maximum absolute atomic E-state index is 14.0. The number of amides is 1. The highest BCUT2D eigenvalue weighted by molar-refractivity contribution is 5.85. The van der Waals surface area contributed by atoms with Crippen LogP contribution in [0.2, 0.25) is 0 Å². The molecular formula is C18H25FN4O2. The first-order valence-corrected chi connectivity index (χ1v) is 8.22. The molecule has 7 heteroatoms. The molecule has 1 aromatic carbocycles. The van der Waals surface area contributed by atoms with E-state index < -0.39 is 17.5 Å². The molecule has 0 saturated carbocycles. The van der Waals surface area contributed by atoms with E-state index in [1.165, 1.54) is 12.1 Å². The normalized spacial score (nSPS) is 11.3. The summed E-state index contributed by atoms with van der Waals surface area (Å²) in [5.74, 6) is -0.392. The minimum Gasteiger partial charge on any atom is -0.444 e. The third-order valence-electron chi connectivity index (χ3n) is 3.41.